The van der Waals surface area contributed by atoms with Crippen LogP contribution < -0.4 is 10.6 Å². The zero-order chi connectivity index (χ0) is 12.8. The van der Waals surface area contributed by atoms with E-state index in [9.17, 15) is 4.79 Å². The second-order valence-corrected chi connectivity index (χ2v) is 3.59. The average molecular weight is 246 g/mol. The molecule has 2 aromatic rings. The fourth-order valence-electron chi connectivity index (χ4n) is 1.38. The molecule has 0 aliphatic rings. The summed E-state index contributed by atoms with van der Waals surface area (Å²) >= 11 is 0. The van der Waals surface area contributed by atoms with Crippen molar-refractivity contribution >= 4 is 11.7 Å². The maximum absolute atomic E-state index is 11.7. The van der Waals surface area contributed by atoms with Gasteiger partial charge in [0, 0.05) is 12.7 Å². The van der Waals surface area contributed by atoms with Crippen molar-refractivity contribution in [3.8, 4) is 0 Å². The Hall–Kier alpha value is -2.44. The lowest BCUT2D eigenvalue weighted by Gasteiger charge is -2.04. The number of imidazole rings is 1. The molecule has 18 heavy (non-hydrogen) atoms. The monoisotopic (exact) mass is 246 g/mol. The molecule has 0 unspecified atom stereocenters. The maximum Gasteiger partial charge on any atom is 0.272 e. The van der Waals surface area contributed by atoms with Gasteiger partial charge in [-0.1, -0.05) is 0 Å². The molecule has 1 amide bonds. The largest absolute Gasteiger partial charge is 0.369 e. The summed E-state index contributed by atoms with van der Waals surface area (Å²) in [4.78, 5) is 18.5. The van der Waals surface area contributed by atoms with Gasteiger partial charge in [-0.15, -0.1) is 10.2 Å². The van der Waals surface area contributed by atoms with Crippen LogP contribution in [0.5, 0.6) is 0 Å². The van der Waals surface area contributed by atoms with Crippen LogP contribution in [0.15, 0.2) is 24.7 Å². The molecule has 2 aromatic heterocycles. The van der Waals surface area contributed by atoms with E-state index in [4.69, 9.17) is 0 Å². The fourth-order valence-corrected chi connectivity index (χ4v) is 1.38. The van der Waals surface area contributed by atoms with E-state index in [0.29, 0.717) is 12.4 Å². The molecular weight excluding hydrogens is 232 g/mol. The zero-order valence-electron chi connectivity index (χ0n) is 9.97. The molecule has 2 rings (SSSR count). The van der Waals surface area contributed by atoms with Crippen LogP contribution in [0.3, 0.4) is 0 Å². The normalized spacial score (nSPS) is 10.1. The quantitative estimate of drug-likeness (QED) is 0.716. The van der Waals surface area contributed by atoms with Crippen molar-refractivity contribution in [3.05, 3.63) is 36.0 Å². The third-order valence-electron chi connectivity index (χ3n) is 2.25. The second kappa shape index (κ2) is 5.76. The molecule has 0 aromatic carbocycles. The van der Waals surface area contributed by atoms with Crippen molar-refractivity contribution in [2.45, 2.75) is 13.5 Å². The molecule has 0 aliphatic heterocycles. The fraction of sp³-hybridized carbons (Fsp3) is 0.273. The molecule has 7 nitrogen and oxygen atoms in total. The summed E-state index contributed by atoms with van der Waals surface area (Å²) in [6.07, 6.45) is 3.22. The minimum atomic E-state index is -0.264. The summed E-state index contributed by atoms with van der Waals surface area (Å²) in [7, 11) is 0. The lowest BCUT2D eigenvalue weighted by atomic mass is 10.3. The first-order chi connectivity index (χ1) is 8.79. The van der Waals surface area contributed by atoms with E-state index < -0.39 is 0 Å². The van der Waals surface area contributed by atoms with Crippen molar-refractivity contribution in [2.75, 3.05) is 11.9 Å². The van der Waals surface area contributed by atoms with E-state index in [1.807, 2.05) is 6.92 Å². The number of hydrogen-bond donors (Lipinski definition) is 3. The van der Waals surface area contributed by atoms with Gasteiger partial charge in [-0.2, -0.15) is 0 Å². The highest BCUT2D eigenvalue weighted by atomic mass is 16.1. The van der Waals surface area contributed by atoms with Crippen LogP contribution in [0, 0.1) is 0 Å². The first-order valence-corrected chi connectivity index (χ1v) is 5.62. The van der Waals surface area contributed by atoms with Gasteiger partial charge in [0.1, 0.15) is 5.82 Å². The van der Waals surface area contributed by atoms with Crippen molar-refractivity contribution in [1.29, 1.82) is 0 Å². The Kier molecular flexibility index (Phi) is 3.85. The number of nitrogens with zero attached hydrogens (tertiary/aromatic N) is 3. The van der Waals surface area contributed by atoms with Crippen LogP contribution in [0.1, 0.15) is 23.1 Å². The number of amides is 1. The number of rotatable bonds is 5. The van der Waals surface area contributed by atoms with E-state index in [1.165, 1.54) is 0 Å². The SMILES string of the molecule is CCNc1ccc(C(=O)NCc2cnc[nH]2)nn1. The van der Waals surface area contributed by atoms with E-state index >= 15 is 0 Å². The number of aromatic amines is 1. The van der Waals surface area contributed by atoms with E-state index in [-0.39, 0.29) is 11.6 Å². The van der Waals surface area contributed by atoms with E-state index in [2.05, 4.69) is 30.8 Å². The lowest BCUT2D eigenvalue weighted by Crippen LogP contribution is -2.24. The molecule has 7 heteroatoms. The summed E-state index contributed by atoms with van der Waals surface area (Å²) in [6.45, 7) is 3.11. The molecule has 0 spiro atoms. The Bertz CT molecular complexity index is 493. The van der Waals surface area contributed by atoms with Crippen LogP contribution in [0.25, 0.3) is 0 Å². The van der Waals surface area contributed by atoms with E-state index in [0.717, 1.165) is 12.2 Å². The predicted molar refractivity (Wildman–Crippen MR) is 66.0 cm³/mol. The smallest absolute Gasteiger partial charge is 0.272 e. The summed E-state index contributed by atoms with van der Waals surface area (Å²) in [6, 6.07) is 3.36. The summed E-state index contributed by atoms with van der Waals surface area (Å²) in [5.41, 5.74) is 1.12. The molecule has 0 aliphatic carbocycles. The minimum Gasteiger partial charge on any atom is -0.369 e. The zero-order valence-corrected chi connectivity index (χ0v) is 9.97. The molecule has 0 atom stereocenters. The number of H-pyrrole nitrogens is 1. The number of hydrogen-bond acceptors (Lipinski definition) is 5. The Morgan fingerprint density at radius 3 is 2.89 bits per heavy atom. The summed E-state index contributed by atoms with van der Waals surface area (Å²) < 4.78 is 0. The number of carbonyl (C=O) groups excluding carboxylic acids is 1. The van der Waals surface area contributed by atoms with Gasteiger partial charge < -0.3 is 15.6 Å². The maximum atomic E-state index is 11.7. The van der Waals surface area contributed by atoms with Crippen LogP contribution in [-0.4, -0.2) is 32.6 Å². The third kappa shape index (κ3) is 3.03. The molecule has 2 heterocycles. The van der Waals surface area contributed by atoms with Crippen LogP contribution in [-0.2, 0) is 6.54 Å². The molecule has 0 saturated carbocycles. The van der Waals surface area contributed by atoms with Gasteiger partial charge in [0.25, 0.3) is 5.91 Å². The number of anilines is 1. The summed E-state index contributed by atoms with van der Waals surface area (Å²) in [5, 5.41) is 13.5. The number of aromatic nitrogens is 4. The molecule has 3 N–H and O–H groups in total. The van der Waals surface area contributed by atoms with Gasteiger partial charge in [0.15, 0.2) is 5.69 Å². The molecule has 0 fully saturated rings. The topological polar surface area (TPSA) is 95.6 Å². The van der Waals surface area contributed by atoms with Crippen LogP contribution >= 0.6 is 0 Å². The van der Waals surface area contributed by atoms with Crippen molar-refractivity contribution in [3.63, 3.8) is 0 Å². The van der Waals surface area contributed by atoms with Gasteiger partial charge >= 0.3 is 0 Å². The van der Waals surface area contributed by atoms with Gasteiger partial charge in [0.05, 0.1) is 18.6 Å². The van der Waals surface area contributed by atoms with Crippen molar-refractivity contribution in [1.82, 2.24) is 25.5 Å². The van der Waals surface area contributed by atoms with Crippen molar-refractivity contribution < 1.29 is 4.79 Å². The highest BCUT2D eigenvalue weighted by Crippen LogP contribution is 2.01. The van der Waals surface area contributed by atoms with Gasteiger partial charge in [-0.25, -0.2) is 4.98 Å². The first kappa shape index (κ1) is 12.0. The number of carbonyl (C=O) groups is 1. The lowest BCUT2D eigenvalue weighted by molar-refractivity contribution is 0.0944. The standard InChI is InChI=1S/C11H14N6O/c1-2-13-10-4-3-9(16-17-10)11(18)14-6-8-5-12-7-15-8/h3-5,7H,2,6H2,1H3,(H,12,15)(H,13,17)(H,14,18). The molecule has 0 radical (unpaired) electrons. The Balaban J connectivity index is 1.92. The second-order valence-electron chi connectivity index (χ2n) is 3.59. The molecule has 94 valence electrons. The predicted octanol–water partition coefficient (Wildman–Crippen LogP) is 0.561. The van der Waals surface area contributed by atoms with Gasteiger partial charge in [0.2, 0.25) is 0 Å². The molecule has 0 bridgehead atoms. The van der Waals surface area contributed by atoms with Crippen LogP contribution in [0.4, 0.5) is 5.82 Å². The number of nitrogens with one attached hydrogen (secondary N) is 3. The third-order valence-corrected chi connectivity index (χ3v) is 2.25. The minimum absolute atomic E-state index is 0.264. The Morgan fingerprint density at radius 2 is 2.28 bits per heavy atom. The highest BCUT2D eigenvalue weighted by molar-refractivity contribution is 5.92. The van der Waals surface area contributed by atoms with Crippen molar-refractivity contribution in [2.24, 2.45) is 0 Å². The average Bonchev–Trinajstić information content (AvgIpc) is 2.90. The Morgan fingerprint density at radius 1 is 1.39 bits per heavy atom. The Labute approximate surface area is 104 Å². The molecule has 0 saturated heterocycles. The van der Waals surface area contributed by atoms with Gasteiger partial charge in [-0.05, 0) is 19.1 Å². The highest BCUT2D eigenvalue weighted by Gasteiger charge is 2.07. The summed E-state index contributed by atoms with van der Waals surface area (Å²) in [5.74, 6) is 0.391. The first-order valence-electron chi connectivity index (χ1n) is 5.62. The molecular formula is C11H14N6O. The van der Waals surface area contributed by atoms with Gasteiger partial charge in [-0.3, -0.25) is 4.79 Å². The van der Waals surface area contributed by atoms with E-state index in [1.54, 1.807) is 24.7 Å². The van der Waals surface area contributed by atoms with Crippen LogP contribution in [0.2, 0.25) is 0 Å².